The van der Waals surface area contributed by atoms with Gasteiger partial charge in [0.15, 0.2) is 5.13 Å². The van der Waals surface area contributed by atoms with Gasteiger partial charge in [0.1, 0.15) is 5.82 Å². The Morgan fingerprint density at radius 3 is 2.79 bits per heavy atom. The van der Waals surface area contributed by atoms with E-state index in [1.165, 1.54) is 23.3 Å². The summed E-state index contributed by atoms with van der Waals surface area (Å²) in [7, 11) is 0. The molecule has 1 saturated heterocycles. The van der Waals surface area contributed by atoms with Crippen molar-refractivity contribution in [3.05, 3.63) is 34.5 Å². The van der Waals surface area contributed by atoms with Crippen LogP contribution >= 0.6 is 11.3 Å². The first-order valence-electron chi connectivity index (χ1n) is 11.0. The molecule has 1 saturated carbocycles. The zero-order valence-corrected chi connectivity index (χ0v) is 17.6. The Morgan fingerprint density at radius 2 is 2.00 bits per heavy atom. The van der Waals surface area contributed by atoms with E-state index in [4.69, 9.17) is 4.98 Å². The number of nitrogens with one attached hydrogen (secondary N) is 1. The highest BCUT2D eigenvalue weighted by Crippen LogP contribution is 2.38. The molecule has 0 bridgehead atoms. The number of carbonyl (C=O) groups excluding carboxylic acids is 1. The first-order valence-corrected chi connectivity index (χ1v) is 11.8. The summed E-state index contributed by atoms with van der Waals surface area (Å²) in [5.74, 6) is 0.790. The second kappa shape index (κ2) is 8.05. The van der Waals surface area contributed by atoms with Gasteiger partial charge < -0.3 is 10.2 Å². The first-order chi connectivity index (χ1) is 14.2. The summed E-state index contributed by atoms with van der Waals surface area (Å²) in [4.78, 5) is 20.1. The minimum absolute atomic E-state index is 0.186. The van der Waals surface area contributed by atoms with Crippen LogP contribution in [0.1, 0.15) is 55.4 Å². The molecule has 5 rings (SSSR count). The van der Waals surface area contributed by atoms with Gasteiger partial charge in [0.2, 0.25) is 5.91 Å². The van der Waals surface area contributed by atoms with Gasteiger partial charge in [0.05, 0.1) is 5.69 Å². The number of halogens is 1. The summed E-state index contributed by atoms with van der Waals surface area (Å²) < 4.78 is 13.8. The van der Waals surface area contributed by atoms with Crippen molar-refractivity contribution >= 4 is 22.4 Å². The van der Waals surface area contributed by atoms with Gasteiger partial charge in [-0.05, 0) is 75.0 Å². The van der Waals surface area contributed by atoms with Crippen LogP contribution in [-0.2, 0) is 17.6 Å². The van der Waals surface area contributed by atoms with E-state index >= 15 is 0 Å². The van der Waals surface area contributed by atoms with E-state index in [-0.39, 0.29) is 5.82 Å². The molecule has 0 atom stereocenters. The number of benzene rings is 1. The number of aromatic nitrogens is 1. The van der Waals surface area contributed by atoms with Gasteiger partial charge in [-0.1, -0.05) is 6.07 Å². The molecule has 2 fully saturated rings. The summed E-state index contributed by atoms with van der Waals surface area (Å²) >= 11 is 1.74. The van der Waals surface area contributed by atoms with Gasteiger partial charge in [-0.2, -0.15) is 0 Å². The largest absolute Gasteiger partial charge is 0.359 e. The van der Waals surface area contributed by atoms with E-state index in [2.05, 4.69) is 10.2 Å². The van der Waals surface area contributed by atoms with Crippen LogP contribution in [0.25, 0.3) is 11.3 Å². The van der Waals surface area contributed by atoms with Crippen LogP contribution in [0.3, 0.4) is 0 Å². The van der Waals surface area contributed by atoms with Crippen molar-refractivity contribution in [1.29, 1.82) is 0 Å². The van der Waals surface area contributed by atoms with Gasteiger partial charge in [-0.3, -0.25) is 4.79 Å². The number of thiazole rings is 1. The Kier molecular flexibility index (Phi) is 5.29. The standard InChI is InChI=1S/C23H28FN3OS/c24-17-9-8-16-3-1-4-20-22(19(16)13-17)26-23(29-20)25-18-10-6-15(7-11-18)14-27-12-2-5-21(27)28/h8-9,13,15,18H,1-7,10-12,14H2,(H,25,26). The van der Waals surface area contributed by atoms with E-state index in [0.29, 0.717) is 17.9 Å². The Morgan fingerprint density at radius 1 is 1.14 bits per heavy atom. The number of aryl methyl sites for hydroxylation is 2. The van der Waals surface area contributed by atoms with Crippen LogP contribution in [0.2, 0.25) is 0 Å². The smallest absolute Gasteiger partial charge is 0.222 e. The minimum atomic E-state index is -0.186. The van der Waals surface area contributed by atoms with Crippen LogP contribution in [0, 0.1) is 11.7 Å². The summed E-state index contributed by atoms with van der Waals surface area (Å²) in [5, 5.41) is 4.64. The van der Waals surface area contributed by atoms with Gasteiger partial charge >= 0.3 is 0 Å². The van der Waals surface area contributed by atoms with Crippen molar-refractivity contribution in [3.63, 3.8) is 0 Å². The third-order valence-electron chi connectivity index (χ3n) is 6.70. The SMILES string of the molecule is O=C1CCCN1CC1CCC(Nc2nc3c(s2)CCCc2ccc(F)cc2-3)CC1. The molecule has 29 heavy (non-hydrogen) atoms. The third kappa shape index (κ3) is 4.04. The van der Waals surface area contributed by atoms with Crippen LogP contribution in [0.5, 0.6) is 0 Å². The fourth-order valence-electron chi connectivity index (χ4n) is 5.09. The maximum absolute atomic E-state index is 13.8. The Labute approximate surface area is 175 Å². The molecule has 1 aromatic carbocycles. The topological polar surface area (TPSA) is 45.2 Å². The molecular weight excluding hydrogens is 385 g/mol. The molecule has 2 aliphatic carbocycles. The molecule has 1 aliphatic heterocycles. The van der Waals surface area contributed by atoms with E-state index in [1.54, 1.807) is 23.5 Å². The van der Waals surface area contributed by atoms with Crippen LogP contribution in [-0.4, -0.2) is 34.9 Å². The molecule has 0 radical (unpaired) electrons. The maximum atomic E-state index is 13.8. The predicted molar refractivity (Wildman–Crippen MR) is 115 cm³/mol. The van der Waals surface area contributed by atoms with Crippen molar-refractivity contribution in [2.24, 2.45) is 5.92 Å². The Hall–Kier alpha value is -1.95. The third-order valence-corrected chi connectivity index (χ3v) is 7.75. The predicted octanol–water partition coefficient (Wildman–Crippen LogP) is 5.03. The molecule has 1 aromatic heterocycles. The fraction of sp³-hybridized carbons (Fsp3) is 0.565. The molecule has 2 aromatic rings. The van der Waals surface area contributed by atoms with Gasteiger partial charge in [0.25, 0.3) is 0 Å². The zero-order valence-electron chi connectivity index (χ0n) is 16.8. The molecule has 4 nitrogen and oxygen atoms in total. The molecule has 1 N–H and O–H groups in total. The maximum Gasteiger partial charge on any atom is 0.222 e. The van der Waals surface area contributed by atoms with Crippen molar-refractivity contribution in [3.8, 4) is 11.3 Å². The number of hydrogen-bond donors (Lipinski definition) is 1. The van der Waals surface area contributed by atoms with E-state index in [9.17, 15) is 9.18 Å². The van der Waals surface area contributed by atoms with Gasteiger partial charge in [0, 0.05) is 36.0 Å². The summed E-state index contributed by atoms with van der Waals surface area (Å²) in [6.07, 6.45) is 9.45. The van der Waals surface area contributed by atoms with Crippen LogP contribution < -0.4 is 5.32 Å². The molecule has 0 unspecified atom stereocenters. The number of rotatable bonds is 4. The van der Waals surface area contributed by atoms with E-state index in [1.807, 2.05) is 6.07 Å². The second-order valence-corrected chi connectivity index (χ2v) is 9.83. The monoisotopic (exact) mass is 413 g/mol. The quantitative estimate of drug-likeness (QED) is 0.765. The molecule has 6 heteroatoms. The molecule has 1 amide bonds. The summed E-state index contributed by atoms with van der Waals surface area (Å²) in [6, 6.07) is 5.57. The van der Waals surface area contributed by atoms with Crippen molar-refractivity contribution in [1.82, 2.24) is 9.88 Å². The van der Waals surface area contributed by atoms with Crippen LogP contribution in [0.4, 0.5) is 9.52 Å². The Balaban J connectivity index is 1.23. The van der Waals surface area contributed by atoms with Gasteiger partial charge in [-0.15, -0.1) is 11.3 Å². The highest BCUT2D eigenvalue weighted by Gasteiger charge is 2.28. The van der Waals surface area contributed by atoms with E-state index in [0.717, 1.165) is 74.4 Å². The van der Waals surface area contributed by atoms with Crippen molar-refractivity contribution in [2.45, 2.75) is 63.8 Å². The van der Waals surface area contributed by atoms with Crippen LogP contribution in [0.15, 0.2) is 18.2 Å². The zero-order chi connectivity index (χ0) is 19.8. The average Bonchev–Trinajstić information content (AvgIpc) is 3.26. The number of amides is 1. The van der Waals surface area contributed by atoms with Gasteiger partial charge in [-0.25, -0.2) is 9.37 Å². The lowest BCUT2D eigenvalue weighted by Crippen LogP contribution is -2.34. The first kappa shape index (κ1) is 19.0. The number of hydrogen-bond acceptors (Lipinski definition) is 4. The normalized spacial score (nSPS) is 24.2. The molecule has 3 aliphatic rings. The molecular formula is C23H28FN3OS. The lowest BCUT2D eigenvalue weighted by atomic mass is 9.86. The van der Waals surface area contributed by atoms with Crippen molar-refractivity contribution in [2.75, 3.05) is 18.4 Å². The highest BCUT2D eigenvalue weighted by molar-refractivity contribution is 7.16. The van der Waals surface area contributed by atoms with Crippen molar-refractivity contribution < 1.29 is 9.18 Å². The minimum Gasteiger partial charge on any atom is -0.359 e. The highest BCUT2D eigenvalue weighted by atomic mass is 32.1. The lowest BCUT2D eigenvalue weighted by molar-refractivity contribution is -0.128. The number of anilines is 1. The second-order valence-electron chi connectivity index (χ2n) is 8.75. The lowest BCUT2D eigenvalue weighted by Gasteiger charge is -2.31. The van der Waals surface area contributed by atoms with E-state index < -0.39 is 0 Å². The Bertz CT molecular complexity index is 904. The number of nitrogens with zero attached hydrogens (tertiary/aromatic N) is 2. The summed E-state index contributed by atoms with van der Waals surface area (Å²) in [5.41, 5.74) is 3.16. The number of carbonyl (C=O) groups is 1. The molecule has 2 heterocycles. The number of fused-ring (bicyclic) bond motifs is 3. The summed E-state index contributed by atoms with van der Waals surface area (Å²) in [6.45, 7) is 1.89. The molecule has 0 spiro atoms. The average molecular weight is 414 g/mol. The molecule has 154 valence electrons. The number of likely N-dealkylation sites (tertiary alicyclic amines) is 1. The fourth-order valence-corrected chi connectivity index (χ4v) is 6.19.